The second-order valence-electron chi connectivity index (χ2n) is 8.03. The van der Waals surface area contributed by atoms with Gasteiger partial charge in [0.2, 0.25) is 5.91 Å². The van der Waals surface area contributed by atoms with Crippen molar-refractivity contribution in [3.8, 4) is 0 Å². The van der Waals surface area contributed by atoms with E-state index in [0.717, 1.165) is 64.7 Å². The van der Waals surface area contributed by atoms with E-state index in [1.54, 1.807) is 17.1 Å². The van der Waals surface area contributed by atoms with Crippen molar-refractivity contribution in [1.82, 2.24) is 24.7 Å². The van der Waals surface area contributed by atoms with E-state index in [2.05, 4.69) is 15.2 Å². The third-order valence-electron chi connectivity index (χ3n) is 6.05. The van der Waals surface area contributed by atoms with Crippen LogP contribution in [0.15, 0.2) is 12.5 Å². The molecule has 2 amide bonds. The lowest BCUT2D eigenvalue weighted by Crippen LogP contribution is -2.51. The van der Waals surface area contributed by atoms with Gasteiger partial charge in [-0.05, 0) is 45.1 Å². The number of amides is 2. The molecule has 0 radical (unpaired) electrons. The number of hydrogen-bond donors (Lipinski definition) is 1. The first-order valence-electron chi connectivity index (χ1n) is 9.92. The molecule has 4 rings (SSSR count). The van der Waals surface area contributed by atoms with Crippen molar-refractivity contribution in [3.63, 3.8) is 0 Å². The van der Waals surface area contributed by atoms with Gasteiger partial charge >= 0.3 is 0 Å². The zero-order valence-corrected chi connectivity index (χ0v) is 15.6. The molecule has 1 aromatic rings. The molecule has 3 fully saturated rings. The molecule has 2 saturated heterocycles. The van der Waals surface area contributed by atoms with E-state index in [1.807, 2.05) is 11.9 Å². The van der Waals surface area contributed by atoms with Gasteiger partial charge in [0.05, 0.1) is 18.4 Å². The highest BCUT2D eigenvalue weighted by atomic mass is 16.2. The van der Waals surface area contributed by atoms with E-state index in [4.69, 9.17) is 0 Å². The zero-order chi connectivity index (χ0) is 18.1. The van der Waals surface area contributed by atoms with Gasteiger partial charge in [-0.15, -0.1) is 0 Å². The van der Waals surface area contributed by atoms with Crippen molar-refractivity contribution in [2.75, 3.05) is 26.2 Å². The number of hydrogen-bond acceptors (Lipinski definition) is 4. The number of carbonyl (C=O) groups is 2. The average Bonchev–Trinajstić information content (AvgIpc) is 3.39. The first-order chi connectivity index (χ1) is 12.6. The second kappa shape index (κ2) is 7.39. The molecule has 1 unspecified atom stereocenters. The van der Waals surface area contributed by atoms with Gasteiger partial charge in [0.15, 0.2) is 0 Å². The van der Waals surface area contributed by atoms with Crippen molar-refractivity contribution in [2.45, 2.75) is 50.6 Å². The van der Waals surface area contributed by atoms with Crippen LogP contribution in [0.5, 0.6) is 0 Å². The molecule has 1 atom stereocenters. The average molecular weight is 359 g/mol. The van der Waals surface area contributed by atoms with Crippen molar-refractivity contribution < 1.29 is 9.59 Å². The number of nitrogens with zero attached hydrogens (tertiary/aromatic N) is 4. The molecule has 1 saturated carbocycles. The third-order valence-corrected chi connectivity index (χ3v) is 6.05. The Kier molecular flexibility index (Phi) is 4.98. The van der Waals surface area contributed by atoms with Crippen LogP contribution in [-0.4, -0.2) is 69.4 Å². The van der Waals surface area contributed by atoms with E-state index >= 15 is 0 Å². The highest BCUT2D eigenvalue weighted by Crippen LogP contribution is 2.26. The van der Waals surface area contributed by atoms with Gasteiger partial charge in [0.1, 0.15) is 5.69 Å². The summed E-state index contributed by atoms with van der Waals surface area (Å²) in [6.07, 6.45) is 9.67. The van der Waals surface area contributed by atoms with E-state index in [-0.39, 0.29) is 17.7 Å². The summed E-state index contributed by atoms with van der Waals surface area (Å²) >= 11 is 0. The molecule has 3 heterocycles. The first kappa shape index (κ1) is 17.5. The van der Waals surface area contributed by atoms with E-state index in [1.165, 1.54) is 0 Å². The molecule has 0 spiro atoms. The number of imidazole rings is 1. The second-order valence-corrected chi connectivity index (χ2v) is 8.03. The maximum absolute atomic E-state index is 12.6. The maximum atomic E-state index is 12.6. The fourth-order valence-electron chi connectivity index (χ4n) is 4.26. The normalized spacial score (nSPS) is 25.3. The van der Waals surface area contributed by atoms with Gasteiger partial charge < -0.3 is 14.8 Å². The quantitative estimate of drug-likeness (QED) is 0.871. The summed E-state index contributed by atoms with van der Waals surface area (Å²) in [7, 11) is 1.85. The minimum Gasteiger partial charge on any atom is -0.353 e. The lowest BCUT2D eigenvalue weighted by Gasteiger charge is -2.42. The number of nitrogens with one attached hydrogen (secondary N) is 1. The molecular formula is C19H29N5O2. The van der Waals surface area contributed by atoms with Crippen LogP contribution in [0, 0.1) is 5.92 Å². The summed E-state index contributed by atoms with van der Waals surface area (Å²) in [5.74, 6) is 0.461. The van der Waals surface area contributed by atoms with Gasteiger partial charge in [-0.25, -0.2) is 4.98 Å². The highest BCUT2D eigenvalue weighted by Gasteiger charge is 2.34. The fourth-order valence-corrected chi connectivity index (χ4v) is 4.26. The van der Waals surface area contributed by atoms with Crippen LogP contribution < -0.4 is 5.32 Å². The van der Waals surface area contributed by atoms with Crippen molar-refractivity contribution in [2.24, 2.45) is 13.0 Å². The van der Waals surface area contributed by atoms with E-state index in [0.29, 0.717) is 17.8 Å². The van der Waals surface area contributed by atoms with Crippen molar-refractivity contribution in [1.29, 1.82) is 0 Å². The monoisotopic (exact) mass is 359 g/mol. The van der Waals surface area contributed by atoms with Crippen molar-refractivity contribution in [3.05, 3.63) is 18.2 Å². The van der Waals surface area contributed by atoms with Gasteiger partial charge in [0.25, 0.3) is 5.91 Å². The maximum Gasteiger partial charge on any atom is 0.272 e. The minimum atomic E-state index is 0.0729. The minimum absolute atomic E-state index is 0.0729. The molecule has 1 aliphatic carbocycles. The Bertz CT molecular complexity index is 661. The lowest BCUT2D eigenvalue weighted by atomic mass is 9.93. The summed E-state index contributed by atoms with van der Waals surface area (Å²) in [5, 5.41) is 3.16. The Labute approximate surface area is 154 Å². The van der Waals surface area contributed by atoms with E-state index < -0.39 is 0 Å². The zero-order valence-electron chi connectivity index (χ0n) is 15.6. The fraction of sp³-hybridized carbons (Fsp3) is 0.737. The standard InChI is InChI=1S/C19H29N5O2/c1-22-13-20-11-17(22)19(26)23-9-6-16(7-10-23)24-8-2-3-14(12-24)18(25)21-15-4-5-15/h11,13-16H,2-10,12H2,1H3,(H,21,25). The van der Waals surface area contributed by atoms with Crippen LogP contribution in [-0.2, 0) is 11.8 Å². The highest BCUT2D eigenvalue weighted by molar-refractivity contribution is 5.92. The Morgan fingerprint density at radius 1 is 1.12 bits per heavy atom. The first-order valence-corrected chi connectivity index (χ1v) is 9.92. The lowest BCUT2D eigenvalue weighted by molar-refractivity contribution is -0.127. The van der Waals surface area contributed by atoms with Crippen LogP contribution in [0.25, 0.3) is 0 Å². The summed E-state index contributed by atoms with van der Waals surface area (Å²) in [4.78, 5) is 33.5. The number of aryl methyl sites for hydroxylation is 1. The number of likely N-dealkylation sites (tertiary alicyclic amines) is 2. The molecule has 7 nitrogen and oxygen atoms in total. The van der Waals surface area contributed by atoms with Crippen LogP contribution in [0.2, 0.25) is 0 Å². The Hall–Kier alpha value is -1.89. The SMILES string of the molecule is Cn1cncc1C(=O)N1CCC(N2CCCC(C(=O)NC3CC3)C2)CC1. The van der Waals surface area contributed by atoms with Gasteiger partial charge in [-0.2, -0.15) is 0 Å². The van der Waals surface area contributed by atoms with Crippen molar-refractivity contribution >= 4 is 11.8 Å². The molecule has 0 aromatic carbocycles. The predicted octanol–water partition coefficient (Wildman–Crippen LogP) is 1.02. The Morgan fingerprint density at radius 3 is 2.54 bits per heavy atom. The van der Waals surface area contributed by atoms with Gasteiger partial charge in [0, 0.05) is 38.8 Å². The summed E-state index contributed by atoms with van der Waals surface area (Å²) in [5.41, 5.74) is 0.651. The number of piperidine rings is 2. The van der Waals surface area contributed by atoms with Crippen LogP contribution in [0.4, 0.5) is 0 Å². The number of aromatic nitrogens is 2. The predicted molar refractivity (Wildman–Crippen MR) is 97.6 cm³/mol. The molecular weight excluding hydrogens is 330 g/mol. The molecule has 3 aliphatic rings. The van der Waals surface area contributed by atoms with Gasteiger partial charge in [-0.3, -0.25) is 14.5 Å². The molecule has 1 aromatic heterocycles. The Morgan fingerprint density at radius 2 is 1.88 bits per heavy atom. The van der Waals surface area contributed by atoms with Crippen LogP contribution in [0.1, 0.15) is 49.0 Å². The molecule has 142 valence electrons. The van der Waals surface area contributed by atoms with Crippen LogP contribution in [0.3, 0.4) is 0 Å². The smallest absolute Gasteiger partial charge is 0.272 e. The largest absolute Gasteiger partial charge is 0.353 e. The summed E-state index contributed by atoms with van der Waals surface area (Å²) in [6.45, 7) is 3.51. The third kappa shape index (κ3) is 3.77. The summed E-state index contributed by atoms with van der Waals surface area (Å²) in [6, 6.07) is 0.932. The number of carbonyl (C=O) groups excluding carboxylic acids is 2. The topological polar surface area (TPSA) is 70.5 Å². The van der Waals surface area contributed by atoms with Gasteiger partial charge in [-0.1, -0.05) is 0 Å². The van der Waals surface area contributed by atoms with E-state index in [9.17, 15) is 9.59 Å². The molecule has 1 N–H and O–H groups in total. The van der Waals surface area contributed by atoms with Crippen LogP contribution >= 0.6 is 0 Å². The molecule has 26 heavy (non-hydrogen) atoms. The molecule has 2 aliphatic heterocycles. The summed E-state index contributed by atoms with van der Waals surface area (Å²) < 4.78 is 1.78. The molecule has 7 heteroatoms. The molecule has 0 bridgehead atoms. The Balaban J connectivity index is 1.29. The number of rotatable bonds is 4.